The van der Waals surface area contributed by atoms with Crippen LogP contribution in [0.5, 0.6) is 0 Å². The monoisotopic (exact) mass is 416 g/mol. The van der Waals surface area contributed by atoms with Crippen molar-refractivity contribution >= 4 is 63.3 Å². The van der Waals surface area contributed by atoms with Gasteiger partial charge in [0.05, 0.1) is 0 Å². The fraction of sp³-hybridized carbons (Fsp3) is 0.857. The average molecular weight is 417 g/mol. The van der Waals surface area contributed by atoms with E-state index in [1.165, 1.54) is 77.1 Å². The van der Waals surface area contributed by atoms with Crippen molar-refractivity contribution in [3.63, 3.8) is 0 Å². The van der Waals surface area contributed by atoms with Gasteiger partial charge in [0.25, 0.3) is 0 Å². The van der Waals surface area contributed by atoms with Crippen LogP contribution in [-0.4, -0.2) is 11.8 Å². The van der Waals surface area contributed by atoms with Gasteiger partial charge in [-0.3, -0.25) is 19.0 Å². The van der Waals surface area contributed by atoms with Gasteiger partial charge in [-0.25, -0.2) is 0 Å². The van der Waals surface area contributed by atoms with Crippen LogP contribution in [0, 0.1) is 0 Å². The Balaban J connectivity index is 3.26. The van der Waals surface area contributed by atoms with Gasteiger partial charge in [0.15, 0.2) is 0 Å². The Morgan fingerprint density at radius 2 is 1.09 bits per heavy atom. The van der Waals surface area contributed by atoms with Crippen LogP contribution in [-0.2, 0) is 9.59 Å². The molecule has 0 saturated heterocycles. The van der Waals surface area contributed by atoms with Gasteiger partial charge >= 0.3 is 0 Å². The van der Waals surface area contributed by atoms with Gasteiger partial charge in [0.2, 0.25) is 11.8 Å². The fourth-order valence-corrected chi connectivity index (χ4v) is 8.49. The number of carbonyl (C=O) groups excluding carboxylic acids is 2. The number of rotatable bonds is 16. The number of amides is 2. The first kappa shape index (κ1) is 23.7. The van der Waals surface area contributed by atoms with Crippen molar-refractivity contribution < 1.29 is 9.59 Å². The van der Waals surface area contributed by atoms with Gasteiger partial charge in [0, 0.05) is 64.3 Å². The van der Waals surface area contributed by atoms with Gasteiger partial charge in [-0.2, -0.15) is 0 Å². The maximum absolute atomic E-state index is 11.5. The molecule has 0 bridgehead atoms. The lowest BCUT2D eigenvalue weighted by molar-refractivity contribution is -0.120. The number of nitrogens with one attached hydrogen (secondary N) is 2. The molecule has 9 heteroatoms. The molecular weight excluding hydrogens is 389 g/mol. The second kappa shape index (κ2) is 19.0. The highest BCUT2D eigenvalue weighted by molar-refractivity contribution is 9.35. The van der Waals surface area contributed by atoms with E-state index in [2.05, 4.69) is 23.3 Å². The Hall–Kier alpha value is 0.690. The number of carbonyl (C=O) groups is 2. The van der Waals surface area contributed by atoms with E-state index in [9.17, 15) is 9.59 Å². The number of hydrogen-bond acceptors (Lipinski definition) is 7. The normalized spacial score (nSPS) is 10.5. The molecule has 0 rings (SSSR count). The number of hydrogen-bond donors (Lipinski definition) is 2. The summed E-state index contributed by atoms with van der Waals surface area (Å²) in [6.07, 6.45) is 10.2. The van der Waals surface area contributed by atoms with E-state index in [1.807, 2.05) is 0 Å². The van der Waals surface area contributed by atoms with Crippen molar-refractivity contribution in [3.05, 3.63) is 0 Å². The quantitative estimate of drug-likeness (QED) is 0.173. The molecule has 0 radical (unpaired) electrons. The Bertz CT molecular complexity index is 281. The predicted octanol–water partition coefficient (Wildman–Crippen LogP) is 6.32. The second-order valence-electron chi connectivity index (χ2n) is 5.04. The summed E-state index contributed by atoms with van der Waals surface area (Å²) in [5.41, 5.74) is 0. The third-order valence-corrected chi connectivity index (χ3v) is 10.3. The maximum atomic E-state index is 11.5. The molecule has 0 fully saturated rings. The molecule has 0 unspecified atom stereocenters. The van der Waals surface area contributed by atoms with Crippen molar-refractivity contribution in [2.45, 2.75) is 78.1 Å². The molecule has 23 heavy (non-hydrogen) atoms. The molecule has 0 aliphatic carbocycles. The molecular formula is C14H28N2O2S5. The molecule has 0 aliphatic heterocycles. The van der Waals surface area contributed by atoms with Crippen molar-refractivity contribution in [2.24, 2.45) is 0 Å². The van der Waals surface area contributed by atoms with Crippen LogP contribution in [0.15, 0.2) is 0 Å². The highest BCUT2D eigenvalue weighted by Gasteiger charge is 2.03. The van der Waals surface area contributed by atoms with Gasteiger partial charge in [0.1, 0.15) is 0 Å². The molecule has 136 valence electrons. The van der Waals surface area contributed by atoms with E-state index in [0.717, 1.165) is 25.7 Å². The molecule has 0 aromatic carbocycles. The van der Waals surface area contributed by atoms with Gasteiger partial charge in [-0.05, 0) is 12.8 Å². The predicted molar refractivity (Wildman–Crippen MR) is 112 cm³/mol. The van der Waals surface area contributed by atoms with Crippen LogP contribution >= 0.6 is 51.4 Å². The SMILES string of the molecule is CCCCCCC(=O)NSSSSSNC(=O)CCCCCC. The van der Waals surface area contributed by atoms with Crippen LogP contribution < -0.4 is 9.44 Å². The van der Waals surface area contributed by atoms with Crippen LogP contribution in [0.3, 0.4) is 0 Å². The first-order chi connectivity index (χ1) is 11.2. The van der Waals surface area contributed by atoms with E-state index in [0.29, 0.717) is 12.8 Å². The zero-order valence-electron chi connectivity index (χ0n) is 13.9. The molecule has 2 amide bonds. The lowest BCUT2D eigenvalue weighted by atomic mass is 10.1. The van der Waals surface area contributed by atoms with Crippen LogP contribution in [0.25, 0.3) is 0 Å². The van der Waals surface area contributed by atoms with Crippen LogP contribution in [0.2, 0.25) is 0 Å². The first-order valence-electron chi connectivity index (χ1n) is 8.10. The Labute approximate surface area is 159 Å². The van der Waals surface area contributed by atoms with E-state index >= 15 is 0 Å². The standard InChI is InChI=1S/C14H28N2O2S5/c1-3-5-7-9-11-13(17)15-19-21-23-22-20-16-14(18)12-10-8-6-4-2/h3-12H2,1-2H3,(H,15,17)(H,16,18). The Kier molecular flexibility index (Phi) is 19.6. The molecule has 0 aromatic heterocycles. The summed E-state index contributed by atoms with van der Waals surface area (Å²) in [5.74, 6) is 0.189. The Morgan fingerprint density at radius 1 is 0.652 bits per heavy atom. The molecule has 2 N–H and O–H groups in total. The lowest BCUT2D eigenvalue weighted by Crippen LogP contribution is -2.13. The van der Waals surface area contributed by atoms with Crippen molar-refractivity contribution in [3.8, 4) is 0 Å². The topological polar surface area (TPSA) is 58.2 Å². The minimum atomic E-state index is 0.0947. The highest BCUT2D eigenvalue weighted by Crippen LogP contribution is 2.46. The lowest BCUT2D eigenvalue weighted by Gasteiger charge is -2.04. The van der Waals surface area contributed by atoms with E-state index in [4.69, 9.17) is 0 Å². The average Bonchev–Trinajstić information content (AvgIpc) is 2.54. The van der Waals surface area contributed by atoms with Crippen molar-refractivity contribution in [2.75, 3.05) is 0 Å². The summed E-state index contributed by atoms with van der Waals surface area (Å²) < 4.78 is 5.62. The summed E-state index contributed by atoms with van der Waals surface area (Å²) in [4.78, 5) is 23.0. The summed E-state index contributed by atoms with van der Waals surface area (Å²) >= 11 is 0. The van der Waals surface area contributed by atoms with E-state index in [-0.39, 0.29) is 11.8 Å². The zero-order valence-corrected chi connectivity index (χ0v) is 18.0. The minimum Gasteiger partial charge on any atom is -0.290 e. The minimum absolute atomic E-state index is 0.0947. The highest BCUT2D eigenvalue weighted by atomic mass is 33.8. The zero-order chi connectivity index (χ0) is 17.2. The van der Waals surface area contributed by atoms with Gasteiger partial charge < -0.3 is 0 Å². The second-order valence-corrected chi connectivity index (χ2v) is 12.1. The molecule has 0 saturated carbocycles. The van der Waals surface area contributed by atoms with E-state index < -0.39 is 0 Å². The van der Waals surface area contributed by atoms with Crippen LogP contribution in [0.1, 0.15) is 78.1 Å². The molecule has 0 atom stereocenters. The summed E-state index contributed by atoms with van der Waals surface area (Å²) in [7, 11) is 7.19. The van der Waals surface area contributed by atoms with Gasteiger partial charge in [-0.1, -0.05) is 52.4 Å². The Morgan fingerprint density at radius 3 is 1.48 bits per heavy atom. The van der Waals surface area contributed by atoms with E-state index in [1.54, 1.807) is 0 Å². The summed E-state index contributed by atoms with van der Waals surface area (Å²) in [5, 5.41) is 0. The fourth-order valence-electron chi connectivity index (χ4n) is 1.69. The first-order valence-corrected chi connectivity index (χ1v) is 14.3. The largest absolute Gasteiger partial charge is 0.290 e. The smallest absolute Gasteiger partial charge is 0.230 e. The maximum Gasteiger partial charge on any atom is 0.230 e. The summed E-state index contributed by atoms with van der Waals surface area (Å²) in [6.45, 7) is 4.32. The molecule has 0 heterocycles. The van der Waals surface area contributed by atoms with Crippen molar-refractivity contribution in [1.82, 2.24) is 9.44 Å². The molecule has 0 aliphatic rings. The molecule has 4 nitrogen and oxygen atoms in total. The molecule has 0 aromatic rings. The number of unbranched alkanes of at least 4 members (excludes halogenated alkanes) is 6. The molecule has 0 spiro atoms. The van der Waals surface area contributed by atoms with Gasteiger partial charge in [-0.15, -0.1) is 0 Å². The third kappa shape index (κ3) is 18.9. The third-order valence-electron chi connectivity index (χ3n) is 2.95. The van der Waals surface area contributed by atoms with Crippen molar-refractivity contribution in [1.29, 1.82) is 0 Å². The summed E-state index contributed by atoms with van der Waals surface area (Å²) in [6, 6.07) is 0. The van der Waals surface area contributed by atoms with Crippen LogP contribution in [0.4, 0.5) is 0 Å².